The minimum Gasteiger partial charge on any atom is -0.268 e. The number of hydrogen-bond acceptors (Lipinski definition) is 3. The van der Waals surface area contributed by atoms with Gasteiger partial charge in [-0.05, 0) is 42.0 Å². The van der Waals surface area contributed by atoms with Crippen LogP contribution in [-0.2, 0) is 4.79 Å². The fourth-order valence-electron chi connectivity index (χ4n) is 1.63. The van der Waals surface area contributed by atoms with Crippen molar-refractivity contribution < 1.29 is 9.59 Å². The lowest BCUT2D eigenvalue weighted by Gasteiger charge is -2.09. The number of benzene rings is 1. The molecule has 1 saturated heterocycles. The van der Waals surface area contributed by atoms with Crippen molar-refractivity contribution in [2.24, 2.45) is 0 Å². The lowest BCUT2D eigenvalue weighted by Crippen LogP contribution is -2.28. The predicted octanol–water partition coefficient (Wildman–Crippen LogP) is 3.79. The van der Waals surface area contributed by atoms with E-state index in [1.165, 1.54) is 4.90 Å². The summed E-state index contributed by atoms with van der Waals surface area (Å²) in [5, 5.41) is 0.452. The maximum Gasteiger partial charge on any atom is 0.293 e. The van der Waals surface area contributed by atoms with Crippen LogP contribution in [0.15, 0.2) is 29.2 Å². The first-order valence-electron chi connectivity index (χ1n) is 5.62. The lowest BCUT2D eigenvalue weighted by atomic mass is 10.2. The highest BCUT2D eigenvalue weighted by Gasteiger charge is 2.34. The highest BCUT2D eigenvalue weighted by molar-refractivity contribution is 8.18. The van der Waals surface area contributed by atoms with Gasteiger partial charge in [-0.25, -0.2) is 0 Å². The number of hydrogen-bond donors (Lipinski definition) is 0. The number of thioether (sulfide) groups is 1. The number of carbonyl (C=O) groups is 2. The Morgan fingerprint density at radius 3 is 2.56 bits per heavy atom. The molecule has 0 bridgehead atoms. The van der Waals surface area contributed by atoms with E-state index in [0.29, 0.717) is 16.5 Å². The van der Waals surface area contributed by atoms with Gasteiger partial charge in [0.15, 0.2) is 0 Å². The van der Waals surface area contributed by atoms with E-state index in [-0.39, 0.29) is 11.1 Å². The molecule has 94 valence electrons. The quantitative estimate of drug-likeness (QED) is 0.791. The molecule has 1 aromatic rings. The molecule has 1 aliphatic heterocycles. The molecule has 5 heteroatoms. The van der Waals surface area contributed by atoms with E-state index >= 15 is 0 Å². The van der Waals surface area contributed by atoms with Crippen molar-refractivity contribution in [2.75, 3.05) is 6.54 Å². The Balaban J connectivity index is 2.22. The largest absolute Gasteiger partial charge is 0.293 e. The van der Waals surface area contributed by atoms with Crippen LogP contribution in [0.5, 0.6) is 0 Å². The highest BCUT2D eigenvalue weighted by Crippen LogP contribution is 2.32. The number of amides is 2. The van der Waals surface area contributed by atoms with Crippen molar-refractivity contribution in [3.8, 4) is 0 Å². The fraction of sp³-hybridized carbons (Fsp3) is 0.231. The minimum atomic E-state index is -0.207. The average molecular weight is 282 g/mol. The summed E-state index contributed by atoms with van der Waals surface area (Å²) in [7, 11) is 0. The van der Waals surface area contributed by atoms with Gasteiger partial charge in [-0.2, -0.15) is 0 Å². The molecule has 3 nitrogen and oxygen atoms in total. The Morgan fingerprint density at radius 1 is 1.28 bits per heavy atom. The summed E-state index contributed by atoms with van der Waals surface area (Å²) in [4.78, 5) is 25.4. The number of nitrogens with zero attached hydrogens (tertiary/aromatic N) is 1. The number of carbonyl (C=O) groups excluding carboxylic acids is 2. The second-order valence-electron chi connectivity index (χ2n) is 3.88. The van der Waals surface area contributed by atoms with Crippen molar-refractivity contribution in [3.05, 3.63) is 39.8 Å². The second-order valence-corrected chi connectivity index (χ2v) is 5.31. The highest BCUT2D eigenvalue weighted by atomic mass is 35.5. The molecule has 0 N–H and O–H groups in total. The maximum absolute atomic E-state index is 12.0. The second kappa shape index (κ2) is 5.59. The van der Waals surface area contributed by atoms with Crippen molar-refractivity contribution in [1.29, 1.82) is 0 Å². The number of rotatable bonds is 3. The smallest absolute Gasteiger partial charge is 0.268 e. The first-order chi connectivity index (χ1) is 8.61. The Morgan fingerprint density at radius 2 is 1.94 bits per heavy atom. The number of imide groups is 1. The molecule has 1 fully saturated rings. The Bertz CT molecular complexity index is 510. The van der Waals surface area contributed by atoms with Crippen LogP contribution in [0.4, 0.5) is 4.79 Å². The van der Waals surface area contributed by atoms with Gasteiger partial charge in [0.2, 0.25) is 0 Å². The van der Waals surface area contributed by atoms with Gasteiger partial charge in [0.25, 0.3) is 11.1 Å². The van der Waals surface area contributed by atoms with Gasteiger partial charge in [-0.3, -0.25) is 14.5 Å². The van der Waals surface area contributed by atoms with Crippen LogP contribution in [0.25, 0.3) is 6.08 Å². The van der Waals surface area contributed by atoms with Gasteiger partial charge in [0, 0.05) is 11.6 Å². The van der Waals surface area contributed by atoms with E-state index in [1.807, 2.05) is 19.1 Å². The first-order valence-corrected chi connectivity index (χ1v) is 6.82. The van der Waals surface area contributed by atoms with Gasteiger partial charge >= 0.3 is 0 Å². The summed E-state index contributed by atoms with van der Waals surface area (Å²) in [5.74, 6) is -0.207. The molecule has 0 radical (unpaired) electrons. The zero-order valence-electron chi connectivity index (χ0n) is 9.85. The van der Waals surface area contributed by atoms with Crippen LogP contribution in [0.1, 0.15) is 18.9 Å². The van der Waals surface area contributed by atoms with E-state index in [2.05, 4.69) is 0 Å². The van der Waals surface area contributed by atoms with Crippen LogP contribution in [0.3, 0.4) is 0 Å². The minimum absolute atomic E-state index is 0.193. The van der Waals surface area contributed by atoms with Crippen LogP contribution in [-0.4, -0.2) is 22.6 Å². The predicted molar refractivity (Wildman–Crippen MR) is 74.4 cm³/mol. The van der Waals surface area contributed by atoms with E-state index in [1.54, 1.807) is 18.2 Å². The average Bonchev–Trinajstić information content (AvgIpc) is 2.60. The topological polar surface area (TPSA) is 37.4 Å². The molecule has 1 aliphatic rings. The zero-order chi connectivity index (χ0) is 13.1. The summed E-state index contributed by atoms with van der Waals surface area (Å²) in [6.45, 7) is 2.41. The maximum atomic E-state index is 12.0. The van der Waals surface area contributed by atoms with E-state index in [0.717, 1.165) is 23.7 Å². The van der Waals surface area contributed by atoms with Gasteiger partial charge in [-0.1, -0.05) is 30.7 Å². The van der Waals surface area contributed by atoms with Gasteiger partial charge < -0.3 is 0 Å². The molecule has 2 amide bonds. The fourth-order valence-corrected chi connectivity index (χ4v) is 2.62. The zero-order valence-corrected chi connectivity index (χ0v) is 11.4. The van der Waals surface area contributed by atoms with Crippen LogP contribution in [0.2, 0.25) is 5.02 Å². The monoisotopic (exact) mass is 281 g/mol. The van der Waals surface area contributed by atoms with Crippen molar-refractivity contribution in [1.82, 2.24) is 4.90 Å². The molecular weight excluding hydrogens is 270 g/mol. The molecular formula is C13H12ClNO2S. The molecule has 0 spiro atoms. The number of halogens is 1. The summed E-state index contributed by atoms with van der Waals surface area (Å²) in [6, 6.07) is 7.14. The third-order valence-electron chi connectivity index (χ3n) is 2.49. The van der Waals surface area contributed by atoms with Crippen LogP contribution >= 0.6 is 23.4 Å². The standard InChI is InChI=1S/C13H12ClNO2S/c1-2-7-15-12(16)11(18-13(15)17)8-9-3-5-10(14)6-4-9/h3-6,8H,2,7H2,1H3/b11-8-. The van der Waals surface area contributed by atoms with Crippen LogP contribution < -0.4 is 0 Å². The molecule has 1 aromatic carbocycles. The van der Waals surface area contributed by atoms with Crippen molar-refractivity contribution >= 4 is 40.6 Å². The summed E-state index contributed by atoms with van der Waals surface area (Å²) < 4.78 is 0. The third-order valence-corrected chi connectivity index (χ3v) is 3.65. The normalized spacial score (nSPS) is 17.9. The van der Waals surface area contributed by atoms with Gasteiger partial charge in [0.05, 0.1) is 4.91 Å². The van der Waals surface area contributed by atoms with Gasteiger partial charge in [-0.15, -0.1) is 0 Å². The van der Waals surface area contributed by atoms with Crippen molar-refractivity contribution in [2.45, 2.75) is 13.3 Å². The molecule has 2 rings (SSSR count). The Labute approximate surface area is 115 Å². The molecule has 0 atom stereocenters. The van der Waals surface area contributed by atoms with Gasteiger partial charge in [0.1, 0.15) is 0 Å². The molecule has 0 saturated carbocycles. The molecule has 1 heterocycles. The molecule has 0 aliphatic carbocycles. The van der Waals surface area contributed by atoms with Crippen molar-refractivity contribution in [3.63, 3.8) is 0 Å². The van der Waals surface area contributed by atoms with E-state index < -0.39 is 0 Å². The first kappa shape index (κ1) is 13.2. The Kier molecular flexibility index (Phi) is 4.09. The summed E-state index contributed by atoms with van der Waals surface area (Å²) in [5.41, 5.74) is 0.862. The van der Waals surface area contributed by atoms with E-state index in [4.69, 9.17) is 11.6 Å². The third kappa shape index (κ3) is 2.76. The molecule has 0 unspecified atom stereocenters. The van der Waals surface area contributed by atoms with Crippen LogP contribution in [0, 0.1) is 0 Å². The summed E-state index contributed by atoms with van der Waals surface area (Å²) in [6.07, 6.45) is 2.49. The lowest BCUT2D eigenvalue weighted by molar-refractivity contribution is -0.122. The molecule has 18 heavy (non-hydrogen) atoms. The summed E-state index contributed by atoms with van der Waals surface area (Å²) >= 11 is 6.78. The molecule has 0 aromatic heterocycles. The Hall–Kier alpha value is -1.26. The van der Waals surface area contributed by atoms with E-state index in [9.17, 15) is 9.59 Å². The SMILES string of the molecule is CCCN1C(=O)S/C(=C\c2ccc(Cl)cc2)C1=O.